The Hall–Kier alpha value is -2.55. The molecule has 2 atom stereocenters. The van der Waals surface area contributed by atoms with Crippen LogP contribution < -0.4 is 5.73 Å². The van der Waals surface area contributed by atoms with E-state index in [-0.39, 0.29) is 32.6 Å². The Labute approximate surface area is 361 Å². The molecule has 0 bridgehead atoms. The van der Waals surface area contributed by atoms with Crippen LogP contribution in [0.4, 0.5) is 0 Å². The summed E-state index contributed by atoms with van der Waals surface area (Å²) in [5.74, 6) is -0.929. The molecule has 10 heteroatoms. The van der Waals surface area contributed by atoms with Gasteiger partial charge in [0.1, 0.15) is 6.61 Å². The van der Waals surface area contributed by atoms with Crippen LogP contribution in [0.3, 0.4) is 0 Å². The number of hydrogen-bond acceptors (Lipinski definition) is 8. The van der Waals surface area contributed by atoms with E-state index >= 15 is 0 Å². The van der Waals surface area contributed by atoms with E-state index in [1.807, 2.05) is 12.2 Å². The van der Waals surface area contributed by atoms with E-state index in [1.54, 1.807) is 0 Å². The molecule has 0 saturated heterocycles. The van der Waals surface area contributed by atoms with Crippen molar-refractivity contribution in [2.75, 3.05) is 26.4 Å². The number of phosphoric ester groups is 1. The topological polar surface area (TPSA) is 134 Å². The van der Waals surface area contributed by atoms with Gasteiger partial charge in [-0.15, -0.1) is 0 Å². The zero-order valence-corrected chi connectivity index (χ0v) is 38.4. The predicted molar refractivity (Wildman–Crippen MR) is 247 cm³/mol. The van der Waals surface area contributed by atoms with Crippen LogP contribution in [0, 0.1) is 0 Å². The summed E-state index contributed by atoms with van der Waals surface area (Å²) in [5, 5.41) is 0. The first-order valence-electron chi connectivity index (χ1n) is 23.4. The molecule has 0 aromatic rings. The lowest BCUT2D eigenvalue weighted by molar-refractivity contribution is -0.161. The van der Waals surface area contributed by atoms with Crippen molar-refractivity contribution in [3.05, 3.63) is 72.9 Å². The molecular formula is C49H86NO8P. The zero-order chi connectivity index (χ0) is 43.2. The van der Waals surface area contributed by atoms with E-state index in [4.69, 9.17) is 24.3 Å². The molecular weight excluding hydrogens is 762 g/mol. The zero-order valence-electron chi connectivity index (χ0n) is 37.5. The molecule has 0 radical (unpaired) electrons. The number of hydrogen-bond donors (Lipinski definition) is 2. The van der Waals surface area contributed by atoms with Gasteiger partial charge in [-0.25, -0.2) is 4.57 Å². The van der Waals surface area contributed by atoms with Crippen molar-refractivity contribution < 1.29 is 37.6 Å². The van der Waals surface area contributed by atoms with Crippen molar-refractivity contribution in [1.82, 2.24) is 0 Å². The minimum Gasteiger partial charge on any atom is -0.462 e. The summed E-state index contributed by atoms with van der Waals surface area (Å²) in [4.78, 5) is 34.9. The minimum absolute atomic E-state index is 0.0409. The van der Waals surface area contributed by atoms with Crippen LogP contribution in [0.25, 0.3) is 0 Å². The van der Waals surface area contributed by atoms with Gasteiger partial charge in [0.15, 0.2) is 6.10 Å². The number of phosphoric acid groups is 1. The summed E-state index contributed by atoms with van der Waals surface area (Å²) < 4.78 is 32.8. The molecule has 0 aromatic carbocycles. The lowest BCUT2D eigenvalue weighted by Gasteiger charge is -2.19. The second-order valence-electron chi connectivity index (χ2n) is 15.3. The highest BCUT2D eigenvalue weighted by atomic mass is 31.2. The van der Waals surface area contributed by atoms with Crippen molar-refractivity contribution in [1.29, 1.82) is 0 Å². The van der Waals surface area contributed by atoms with Crippen molar-refractivity contribution in [3.8, 4) is 0 Å². The molecule has 1 unspecified atom stereocenters. The molecule has 59 heavy (non-hydrogen) atoms. The first-order chi connectivity index (χ1) is 28.8. The lowest BCUT2D eigenvalue weighted by Crippen LogP contribution is -2.29. The molecule has 0 aliphatic rings. The summed E-state index contributed by atoms with van der Waals surface area (Å²) in [5.41, 5.74) is 5.35. The standard InChI is InChI=1S/C49H86NO8P/c1-3-5-7-9-11-13-15-17-19-21-23-25-27-29-31-33-35-37-39-41-48(51)55-45-47(46-57-59(53,54)56-44-43-50)58-49(52)42-40-38-36-34-32-30-28-26-24-22-20-18-16-14-12-10-8-6-4-2/h11,13,17-20,23,25,29,31,35,37,47H,3-10,12,14-16,21-22,24,26-28,30,32-34,36,38-46,50H2,1-2H3,(H,53,54)/t47-/m1/s1. The number of rotatable bonds is 43. The largest absolute Gasteiger partial charge is 0.472 e. The SMILES string of the molecule is CCCCCC=CCC=CCC=CCC=CCC=CCCC(=O)OC[C@H](COP(=O)(O)OCCN)OC(=O)CCCCCCCCCCCC=CCCCCCCCC. The summed E-state index contributed by atoms with van der Waals surface area (Å²) in [6, 6.07) is 0. The molecule has 0 amide bonds. The Morgan fingerprint density at radius 1 is 0.508 bits per heavy atom. The Kier molecular flexibility index (Phi) is 43.0. The van der Waals surface area contributed by atoms with Gasteiger partial charge in [-0.05, 0) is 77.0 Å². The van der Waals surface area contributed by atoms with Crippen LogP contribution in [0.1, 0.15) is 194 Å². The number of unbranched alkanes of at least 4 members (excludes halogenated alkanes) is 18. The van der Waals surface area contributed by atoms with Crippen LogP contribution in [-0.4, -0.2) is 49.3 Å². The van der Waals surface area contributed by atoms with E-state index in [2.05, 4.69) is 74.6 Å². The van der Waals surface area contributed by atoms with E-state index in [9.17, 15) is 19.0 Å². The Balaban J connectivity index is 4.23. The van der Waals surface area contributed by atoms with Crippen molar-refractivity contribution >= 4 is 19.8 Å². The first kappa shape index (κ1) is 56.5. The van der Waals surface area contributed by atoms with E-state index in [1.165, 1.54) is 109 Å². The number of carbonyl (C=O) groups excluding carboxylic acids is 2. The maximum atomic E-state index is 12.6. The van der Waals surface area contributed by atoms with E-state index < -0.39 is 32.5 Å². The molecule has 340 valence electrons. The normalized spacial score (nSPS) is 13.9. The van der Waals surface area contributed by atoms with Gasteiger partial charge in [-0.1, -0.05) is 177 Å². The minimum atomic E-state index is -4.40. The molecule has 3 N–H and O–H groups in total. The van der Waals surface area contributed by atoms with Gasteiger partial charge in [0.25, 0.3) is 0 Å². The van der Waals surface area contributed by atoms with Gasteiger partial charge < -0.3 is 20.1 Å². The highest BCUT2D eigenvalue weighted by molar-refractivity contribution is 7.47. The monoisotopic (exact) mass is 848 g/mol. The summed E-state index contributed by atoms with van der Waals surface area (Å²) in [7, 11) is -4.40. The first-order valence-corrected chi connectivity index (χ1v) is 24.9. The molecule has 0 heterocycles. The van der Waals surface area contributed by atoms with Gasteiger partial charge in [0, 0.05) is 19.4 Å². The van der Waals surface area contributed by atoms with Crippen LogP contribution >= 0.6 is 7.82 Å². The van der Waals surface area contributed by atoms with Crippen molar-refractivity contribution in [2.24, 2.45) is 5.73 Å². The van der Waals surface area contributed by atoms with Gasteiger partial charge in [-0.3, -0.25) is 18.6 Å². The summed E-state index contributed by atoms with van der Waals surface area (Å²) >= 11 is 0. The van der Waals surface area contributed by atoms with Gasteiger partial charge >= 0.3 is 19.8 Å². The average molecular weight is 848 g/mol. The average Bonchev–Trinajstić information content (AvgIpc) is 3.22. The lowest BCUT2D eigenvalue weighted by atomic mass is 10.1. The van der Waals surface area contributed by atoms with E-state index in [0.717, 1.165) is 44.9 Å². The molecule has 0 aliphatic heterocycles. The number of carbonyl (C=O) groups is 2. The second kappa shape index (κ2) is 45.0. The molecule has 0 fully saturated rings. The molecule has 0 aliphatic carbocycles. The van der Waals surface area contributed by atoms with Gasteiger partial charge in [-0.2, -0.15) is 0 Å². The number of nitrogens with two attached hydrogens (primary N) is 1. The second-order valence-corrected chi connectivity index (χ2v) is 16.7. The Morgan fingerprint density at radius 3 is 1.42 bits per heavy atom. The fraction of sp³-hybridized carbons (Fsp3) is 0.714. The molecule has 0 rings (SSSR count). The highest BCUT2D eigenvalue weighted by Crippen LogP contribution is 2.43. The maximum absolute atomic E-state index is 12.6. The number of ether oxygens (including phenoxy) is 2. The molecule has 0 saturated carbocycles. The fourth-order valence-corrected chi connectivity index (χ4v) is 6.85. The van der Waals surface area contributed by atoms with Crippen LogP contribution in [0.15, 0.2) is 72.9 Å². The molecule has 0 aromatic heterocycles. The third-order valence-corrected chi connectivity index (χ3v) is 10.6. The smallest absolute Gasteiger partial charge is 0.462 e. The Morgan fingerprint density at radius 2 is 0.915 bits per heavy atom. The number of esters is 2. The van der Waals surface area contributed by atoms with Crippen LogP contribution in [0.5, 0.6) is 0 Å². The third-order valence-electron chi connectivity index (χ3n) is 9.58. The molecule has 9 nitrogen and oxygen atoms in total. The van der Waals surface area contributed by atoms with Crippen molar-refractivity contribution in [3.63, 3.8) is 0 Å². The number of allylic oxidation sites excluding steroid dienone is 12. The Bertz CT molecular complexity index is 1190. The summed E-state index contributed by atoms with van der Waals surface area (Å²) in [6.45, 7) is 3.62. The summed E-state index contributed by atoms with van der Waals surface area (Å²) in [6.07, 6.45) is 55.2. The molecule has 0 spiro atoms. The van der Waals surface area contributed by atoms with Crippen LogP contribution in [0.2, 0.25) is 0 Å². The van der Waals surface area contributed by atoms with Crippen LogP contribution in [-0.2, 0) is 32.7 Å². The third kappa shape index (κ3) is 44.8. The maximum Gasteiger partial charge on any atom is 0.472 e. The highest BCUT2D eigenvalue weighted by Gasteiger charge is 2.25. The van der Waals surface area contributed by atoms with Crippen molar-refractivity contribution in [2.45, 2.75) is 200 Å². The van der Waals surface area contributed by atoms with Gasteiger partial charge in [0.05, 0.1) is 13.2 Å². The fourth-order valence-electron chi connectivity index (χ4n) is 6.08. The van der Waals surface area contributed by atoms with E-state index in [0.29, 0.717) is 12.8 Å². The van der Waals surface area contributed by atoms with Gasteiger partial charge in [0.2, 0.25) is 0 Å². The predicted octanol–water partition coefficient (Wildman–Crippen LogP) is 13.8. The quantitative estimate of drug-likeness (QED) is 0.0266.